The van der Waals surface area contributed by atoms with E-state index in [-0.39, 0.29) is 83.8 Å². The molecule has 0 bridgehead atoms. The average molecular weight is 937 g/mol. The third-order valence-electron chi connectivity index (χ3n) is 18.9. The molecule has 10 unspecified atom stereocenters. The van der Waals surface area contributed by atoms with Crippen molar-refractivity contribution in [3.8, 4) is 6.07 Å². The molecule has 370 valence electrons. The molecule has 11 atom stereocenters. The van der Waals surface area contributed by atoms with Gasteiger partial charge in [-0.05, 0) is 88.4 Å². The molecule has 0 radical (unpaired) electrons. The van der Waals surface area contributed by atoms with Gasteiger partial charge in [-0.1, -0.05) is 41.5 Å². The molecule has 9 fully saturated rings. The number of fused-ring (bicyclic) bond motifs is 3. The first kappa shape index (κ1) is 48.2. The Bertz CT molecular complexity index is 1760. The topological polar surface area (TPSA) is 169 Å². The smallest absolute Gasteiger partial charge is 0.225 e. The standard InChI is InChI=1S/C50H84N10O5S/c1-28-29(2)66-44-40(28)41(55-37(22-39-52-17-20-63-39)42-58-57-30(3)60(42)44)31-9-12-34(13-10-31)64-36-23-50(24-36)15-18-59(19-16-50)47-53-26-33(27-54-47)43(61)56-45-48(4,5)46(49(45,6)7)65-35-14-11-32(25-51)38(21-35)62-8/h28-40,42,44-47,52-54,57-58H,9-24,26-27H2,1-8H3,(H,56,61)/t28?,29?,30?,31?,32?,33?,34?,35?,37-,38?,39?,40?,42?,44?,45?,46?,47?/m0/s1. The molecule has 0 aromatic heterocycles. The second kappa shape index (κ2) is 19.3. The number of nitriles is 1. The third-order valence-corrected chi connectivity index (χ3v) is 20.6. The number of hydrazine groups is 1. The molecule has 6 aliphatic heterocycles. The van der Waals surface area contributed by atoms with E-state index in [1.807, 2.05) is 0 Å². The van der Waals surface area contributed by atoms with Crippen LogP contribution in [0.1, 0.15) is 126 Å². The lowest BCUT2D eigenvalue weighted by atomic mass is 9.49. The van der Waals surface area contributed by atoms with Crippen LogP contribution in [0.4, 0.5) is 0 Å². The number of thioether (sulfide) groups is 1. The maximum atomic E-state index is 13.8. The lowest BCUT2D eigenvalue weighted by molar-refractivity contribution is -0.239. The number of methoxy groups -OCH3 is 1. The minimum absolute atomic E-state index is 0.0100. The fourth-order valence-corrected chi connectivity index (χ4v) is 17.0. The zero-order valence-corrected chi connectivity index (χ0v) is 42.2. The highest BCUT2D eigenvalue weighted by Gasteiger charge is 2.64. The number of aliphatic imine (C=N–C) groups is 1. The zero-order valence-electron chi connectivity index (χ0n) is 41.4. The highest BCUT2D eigenvalue weighted by molar-refractivity contribution is 8.00. The van der Waals surface area contributed by atoms with E-state index in [1.165, 1.54) is 44.2 Å². The monoisotopic (exact) mass is 937 g/mol. The number of nitrogens with one attached hydrogen (secondary N) is 6. The van der Waals surface area contributed by atoms with Gasteiger partial charge in [-0.3, -0.25) is 35.5 Å². The number of ether oxygens (including phenoxy) is 4. The fourth-order valence-electron chi connectivity index (χ4n) is 15.1. The number of rotatable bonds is 11. The van der Waals surface area contributed by atoms with E-state index >= 15 is 0 Å². The highest BCUT2D eigenvalue weighted by Crippen LogP contribution is 2.57. The van der Waals surface area contributed by atoms with Crippen LogP contribution >= 0.6 is 11.8 Å². The summed E-state index contributed by atoms with van der Waals surface area (Å²) in [6.07, 6.45) is 14.1. The van der Waals surface area contributed by atoms with Gasteiger partial charge >= 0.3 is 0 Å². The first-order valence-electron chi connectivity index (χ1n) is 26.3. The number of piperidine rings is 1. The summed E-state index contributed by atoms with van der Waals surface area (Å²) in [5, 5.41) is 25.0. The number of carbonyl (C=O) groups is 1. The summed E-state index contributed by atoms with van der Waals surface area (Å²) in [4.78, 5) is 24.8. The molecule has 10 rings (SSSR count). The molecule has 6 N–H and O–H groups in total. The van der Waals surface area contributed by atoms with Crippen LogP contribution in [0.5, 0.6) is 0 Å². The van der Waals surface area contributed by atoms with E-state index in [1.54, 1.807) is 7.11 Å². The van der Waals surface area contributed by atoms with Crippen molar-refractivity contribution in [2.45, 2.75) is 204 Å². The second-order valence-electron chi connectivity index (χ2n) is 23.8. The van der Waals surface area contributed by atoms with Crippen molar-refractivity contribution in [3.63, 3.8) is 0 Å². The molecule has 0 aromatic carbocycles. The van der Waals surface area contributed by atoms with Crippen LogP contribution < -0.4 is 32.1 Å². The summed E-state index contributed by atoms with van der Waals surface area (Å²) in [5.41, 5.74) is 8.74. The predicted octanol–water partition coefficient (Wildman–Crippen LogP) is 4.50. The van der Waals surface area contributed by atoms with Crippen molar-refractivity contribution >= 4 is 23.4 Å². The Morgan fingerprint density at radius 2 is 1.65 bits per heavy atom. The Hall–Kier alpha value is -1.46. The van der Waals surface area contributed by atoms with Gasteiger partial charge in [0.05, 0.1) is 78.8 Å². The fraction of sp³-hybridized carbons (Fsp3) is 0.940. The van der Waals surface area contributed by atoms with Gasteiger partial charge < -0.3 is 24.3 Å². The third kappa shape index (κ3) is 9.08. The molecule has 15 nitrogen and oxygen atoms in total. The molecule has 1 spiro atoms. The Labute approximate surface area is 399 Å². The summed E-state index contributed by atoms with van der Waals surface area (Å²) in [6, 6.07) is 2.57. The van der Waals surface area contributed by atoms with Crippen LogP contribution in [0, 0.1) is 57.2 Å². The van der Waals surface area contributed by atoms with Crippen molar-refractivity contribution in [3.05, 3.63) is 0 Å². The first-order chi connectivity index (χ1) is 31.7. The summed E-state index contributed by atoms with van der Waals surface area (Å²) in [5.74, 6) is 1.53. The molecule has 5 saturated heterocycles. The van der Waals surface area contributed by atoms with Gasteiger partial charge in [-0.15, -0.1) is 11.8 Å². The molecular weight excluding hydrogens is 853 g/mol. The van der Waals surface area contributed by atoms with E-state index in [0.717, 1.165) is 64.8 Å². The van der Waals surface area contributed by atoms with Crippen LogP contribution in [0.25, 0.3) is 0 Å². The van der Waals surface area contributed by atoms with Gasteiger partial charge in [0.2, 0.25) is 5.91 Å². The highest BCUT2D eigenvalue weighted by atomic mass is 32.2. The van der Waals surface area contributed by atoms with E-state index in [4.69, 9.17) is 23.9 Å². The molecular formula is C50H84N10O5S. The quantitative estimate of drug-likeness (QED) is 0.171. The molecule has 4 aliphatic carbocycles. The lowest BCUT2D eigenvalue weighted by Gasteiger charge is -2.64. The maximum absolute atomic E-state index is 13.8. The molecule has 16 heteroatoms. The molecule has 6 heterocycles. The summed E-state index contributed by atoms with van der Waals surface area (Å²) < 4.78 is 25.4. The molecule has 1 amide bonds. The number of carbonyl (C=O) groups excluding carboxylic acids is 1. The number of likely N-dealkylation sites (tertiary alicyclic amines) is 1. The van der Waals surface area contributed by atoms with Crippen LogP contribution in [0.2, 0.25) is 0 Å². The van der Waals surface area contributed by atoms with E-state index < -0.39 is 0 Å². The average Bonchev–Trinajstić information content (AvgIpc) is 4.02. The number of amides is 1. The Morgan fingerprint density at radius 3 is 2.32 bits per heavy atom. The minimum atomic E-state index is -0.206. The van der Waals surface area contributed by atoms with Crippen molar-refractivity contribution < 1.29 is 23.7 Å². The first-order valence-corrected chi connectivity index (χ1v) is 27.2. The summed E-state index contributed by atoms with van der Waals surface area (Å²) in [7, 11) is 1.70. The van der Waals surface area contributed by atoms with Gasteiger partial charge in [-0.25, -0.2) is 10.9 Å². The Kier molecular flexibility index (Phi) is 14.1. The Morgan fingerprint density at radius 1 is 0.939 bits per heavy atom. The van der Waals surface area contributed by atoms with Crippen molar-refractivity contribution in [2.24, 2.45) is 50.8 Å². The SMILES string of the molecule is COC1CC(OC2C(C)(C)C(NC(=O)C3CNC(N4CCC5(CC4)CC(OC4CCC(C6=N[C@@H](CC7NCCO7)C7NNC(C)N7C7SC(C)C(C)C67)CC4)C5)NC3)C2(C)C)CCC1C#N. The summed E-state index contributed by atoms with van der Waals surface area (Å²) >= 11 is 2.17. The van der Waals surface area contributed by atoms with Gasteiger partial charge in [0, 0.05) is 86.4 Å². The van der Waals surface area contributed by atoms with Crippen LogP contribution in [0.3, 0.4) is 0 Å². The number of hydrogen-bond donors (Lipinski definition) is 6. The van der Waals surface area contributed by atoms with E-state index in [0.29, 0.717) is 59.1 Å². The second-order valence-corrected chi connectivity index (χ2v) is 25.3. The predicted molar refractivity (Wildman–Crippen MR) is 257 cm³/mol. The lowest BCUT2D eigenvalue weighted by Crippen LogP contribution is -2.75. The summed E-state index contributed by atoms with van der Waals surface area (Å²) in [6.45, 7) is 21.3. The van der Waals surface area contributed by atoms with E-state index in [9.17, 15) is 10.1 Å². The Balaban J connectivity index is 0.657. The van der Waals surface area contributed by atoms with Gasteiger partial charge in [-0.2, -0.15) is 5.26 Å². The van der Waals surface area contributed by atoms with Gasteiger partial charge in [0.15, 0.2) is 0 Å². The molecule has 0 aromatic rings. The minimum Gasteiger partial charge on any atom is -0.380 e. The van der Waals surface area contributed by atoms with Crippen molar-refractivity contribution in [1.82, 2.24) is 41.9 Å². The zero-order chi connectivity index (χ0) is 46.1. The van der Waals surface area contributed by atoms with Crippen molar-refractivity contribution in [1.29, 1.82) is 5.26 Å². The molecule has 4 saturated carbocycles. The maximum Gasteiger partial charge on any atom is 0.225 e. The van der Waals surface area contributed by atoms with Gasteiger partial charge in [0.25, 0.3) is 0 Å². The molecule has 10 aliphatic rings. The van der Waals surface area contributed by atoms with E-state index in [2.05, 4.69) is 108 Å². The number of hydrogen-bond acceptors (Lipinski definition) is 15. The normalized spacial score (nSPS) is 45.7. The van der Waals surface area contributed by atoms with Crippen LogP contribution in [0.15, 0.2) is 4.99 Å². The van der Waals surface area contributed by atoms with Crippen LogP contribution in [-0.2, 0) is 23.7 Å². The number of nitrogens with zero attached hydrogens (tertiary/aromatic N) is 4. The van der Waals surface area contributed by atoms with Crippen LogP contribution in [-0.4, -0.2) is 146 Å². The molecule has 66 heavy (non-hydrogen) atoms. The largest absolute Gasteiger partial charge is 0.380 e. The van der Waals surface area contributed by atoms with Crippen molar-refractivity contribution in [2.75, 3.05) is 46.4 Å². The van der Waals surface area contributed by atoms with Gasteiger partial charge in [0.1, 0.15) is 12.5 Å².